The molecule has 4 rings (SSSR count). The van der Waals surface area contributed by atoms with Crippen molar-refractivity contribution in [2.24, 2.45) is 5.41 Å². The quantitative estimate of drug-likeness (QED) is 0.568. The third kappa shape index (κ3) is 5.66. The van der Waals surface area contributed by atoms with Crippen molar-refractivity contribution in [3.63, 3.8) is 0 Å². The Morgan fingerprint density at radius 1 is 1.03 bits per heavy atom. The van der Waals surface area contributed by atoms with Crippen molar-refractivity contribution in [1.29, 1.82) is 0 Å². The van der Waals surface area contributed by atoms with Crippen molar-refractivity contribution in [3.05, 3.63) is 59.7 Å². The van der Waals surface area contributed by atoms with E-state index in [1.807, 2.05) is 45.0 Å². The molecular weight excluding hydrogens is 444 g/mol. The number of hydrogen-bond donors (Lipinski definition) is 2. The molecule has 2 N–H and O–H groups in total. The van der Waals surface area contributed by atoms with E-state index in [9.17, 15) is 19.5 Å². The molecule has 35 heavy (non-hydrogen) atoms. The first kappa shape index (κ1) is 24.8. The summed E-state index contributed by atoms with van der Waals surface area (Å²) in [6, 6.07) is 16.3. The van der Waals surface area contributed by atoms with Gasteiger partial charge in [0.15, 0.2) is 0 Å². The topological polar surface area (TPSA) is 95.9 Å². The number of alkyl carbamates (subject to hydrolysis) is 1. The lowest BCUT2D eigenvalue weighted by atomic mass is 9.74. The Balaban J connectivity index is 1.40. The summed E-state index contributed by atoms with van der Waals surface area (Å²) < 4.78 is 5.69. The number of ether oxygens (including phenoxy) is 1. The third-order valence-corrected chi connectivity index (χ3v) is 6.86. The SMILES string of the molecule is CC(C)(C)CN(CC(=O)O)C(=O)CC1(NC(=O)OCC2c3ccccc3-c3ccccc32)CCC1. The molecule has 0 aromatic heterocycles. The van der Waals surface area contributed by atoms with Crippen molar-refractivity contribution in [2.75, 3.05) is 19.7 Å². The van der Waals surface area contributed by atoms with Crippen molar-refractivity contribution in [3.8, 4) is 11.1 Å². The Kier molecular flexibility index (Phi) is 6.88. The van der Waals surface area contributed by atoms with Crippen LogP contribution in [-0.2, 0) is 14.3 Å². The molecule has 0 heterocycles. The molecule has 2 aliphatic rings. The number of amides is 2. The Morgan fingerprint density at radius 3 is 2.09 bits per heavy atom. The molecule has 7 heteroatoms. The maximum absolute atomic E-state index is 13.1. The van der Waals surface area contributed by atoms with E-state index < -0.39 is 17.6 Å². The molecule has 0 bridgehead atoms. The number of fused-ring (bicyclic) bond motifs is 3. The molecule has 2 aliphatic carbocycles. The molecule has 2 amide bonds. The fraction of sp³-hybridized carbons (Fsp3) is 0.464. The number of carboxylic acid groups (broad SMARTS) is 1. The van der Waals surface area contributed by atoms with Gasteiger partial charge in [0.1, 0.15) is 13.2 Å². The van der Waals surface area contributed by atoms with E-state index in [0.29, 0.717) is 19.4 Å². The summed E-state index contributed by atoms with van der Waals surface area (Å²) in [6.45, 7) is 6.07. The van der Waals surface area contributed by atoms with Crippen LogP contribution in [0.1, 0.15) is 63.5 Å². The van der Waals surface area contributed by atoms with Gasteiger partial charge < -0.3 is 20.1 Å². The molecule has 0 radical (unpaired) electrons. The highest BCUT2D eigenvalue weighted by Gasteiger charge is 2.42. The van der Waals surface area contributed by atoms with E-state index in [0.717, 1.165) is 28.7 Å². The van der Waals surface area contributed by atoms with Crippen LogP contribution >= 0.6 is 0 Å². The lowest BCUT2D eigenvalue weighted by molar-refractivity contribution is -0.146. The number of nitrogens with zero attached hydrogens (tertiary/aromatic N) is 1. The molecule has 186 valence electrons. The average Bonchev–Trinajstić information content (AvgIpc) is 3.08. The Labute approximate surface area is 206 Å². The Hall–Kier alpha value is -3.35. The van der Waals surface area contributed by atoms with Gasteiger partial charge in [-0.2, -0.15) is 0 Å². The van der Waals surface area contributed by atoms with Crippen LogP contribution in [-0.4, -0.2) is 53.2 Å². The van der Waals surface area contributed by atoms with Crippen LogP contribution in [0.5, 0.6) is 0 Å². The first-order valence-electron chi connectivity index (χ1n) is 12.2. The number of carboxylic acids is 1. The highest BCUT2D eigenvalue weighted by atomic mass is 16.5. The Bertz CT molecular complexity index is 1070. The molecule has 0 spiro atoms. The maximum atomic E-state index is 13.1. The van der Waals surface area contributed by atoms with Gasteiger partial charge in [-0.05, 0) is 46.9 Å². The summed E-state index contributed by atoms with van der Waals surface area (Å²) in [5.41, 5.74) is 3.68. The lowest BCUT2D eigenvalue weighted by Gasteiger charge is -2.43. The molecule has 1 fully saturated rings. The minimum absolute atomic E-state index is 0.0371. The lowest BCUT2D eigenvalue weighted by Crippen LogP contribution is -2.57. The van der Waals surface area contributed by atoms with Crippen LogP contribution in [0.2, 0.25) is 0 Å². The molecule has 1 saturated carbocycles. The van der Waals surface area contributed by atoms with Crippen LogP contribution in [0.15, 0.2) is 48.5 Å². The first-order chi connectivity index (χ1) is 16.6. The van der Waals surface area contributed by atoms with Crippen molar-refractivity contribution in [2.45, 2.75) is 57.9 Å². The number of hydrogen-bond acceptors (Lipinski definition) is 4. The van der Waals surface area contributed by atoms with E-state index >= 15 is 0 Å². The first-order valence-corrected chi connectivity index (χ1v) is 12.2. The Morgan fingerprint density at radius 2 is 1.60 bits per heavy atom. The predicted octanol–water partition coefficient (Wildman–Crippen LogP) is 4.80. The normalized spacial score (nSPS) is 16.0. The van der Waals surface area contributed by atoms with Crippen molar-refractivity contribution in [1.82, 2.24) is 10.2 Å². The molecule has 2 aromatic carbocycles. The van der Waals surface area contributed by atoms with E-state index in [4.69, 9.17) is 4.74 Å². The second-order valence-corrected chi connectivity index (χ2v) is 11.0. The van der Waals surface area contributed by atoms with E-state index in [1.54, 1.807) is 0 Å². The minimum Gasteiger partial charge on any atom is -0.480 e. The fourth-order valence-corrected chi connectivity index (χ4v) is 5.17. The van der Waals surface area contributed by atoms with E-state index in [-0.39, 0.29) is 36.8 Å². The molecule has 7 nitrogen and oxygen atoms in total. The van der Waals surface area contributed by atoms with Gasteiger partial charge in [-0.3, -0.25) is 9.59 Å². The zero-order valence-electron chi connectivity index (χ0n) is 20.7. The number of aliphatic carboxylic acids is 1. The van der Waals surface area contributed by atoms with Gasteiger partial charge in [-0.1, -0.05) is 69.3 Å². The average molecular weight is 479 g/mol. The van der Waals surface area contributed by atoms with Crippen LogP contribution in [0.3, 0.4) is 0 Å². The smallest absolute Gasteiger partial charge is 0.407 e. The zero-order valence-corrected chi connectivity index (χ0v) is 20.7. The maximum Gasteiger partial charge on any atom is 0.407 e. The highest BCUT2D eigenvalue weighted by molar-refractivity contribution is 5.83. The van der Waals surface area contributed by atoms with Crippen LogP contribution in [0, 0.1) is 5.41 Å². The third-order valence-electron chi connectivity index (χ3n) is 6.86. The molecule has 0 atom stereocenters. The van der Waals surface area contributed by atoms with Crippen LogP contribution < -0.4 is 5.32 Å². The number of carbonyl (C=O) groups excluding carboxylic acids is 2. The summed E-state index contributed by atoms with van der Waals surface area (Å²) in [5.74, 6) is -1.35. The van der Waals surface area contributed by atoms with Gasteiger partial charge in [0.2, 0.25) is 5.91 Å². The number of benzene rings is 2. The summed E-state index contributed by atoms with van der Waals surface area (Å²) in [4.78, 5) is 38.6. The summed E-state index contributed by atoms with van der Waals surface area (Å²) >= 11 is 0. The summed E-state index contributed by atoms with van der Waals surface area (Å²) in [5, 5.41) is 12.2. The highest BCUT2D eigenvalue weighted by Crippen LogP contribution is 2.44. The number of carbonyl (C=O) groups is 3. The van der Waals surface area contributed by atoms with Crippen LogP contribution in [0.25, 0.3) is 11.1 Å². The van der Waals surface area contributed by atoms with Crippen molar-refractivity contribution < 1.29 is 24.2 Å². The van der Waals surface area contributed by atoms with E-state index in [1.165, 1.54) is 4.90 Å². The van der Waals surface area contributed by atoms with Crippen molar-refractivity contribution >= 4 is 18.0 Å². The second kappa shape index (κ2) is 9.72. The standard InChI is InChI=1S/C28H34N2O5/c1-27(2,3)18-30(16-25(32)33)24(31)15-28(13-8-14-28)29-26(34)35-17-23-21-11-6-4-9-19(21)20-10-5-7-12-22(20)23/h4-7,9-12,23H,8,13-18H2,1-3H3,(H,29,34)(H,32,33). The van der Waals surface area contributed by atoms with Gasteiger partial charge in [0.25, 0.3) is 0 Å². The molecular formula is C28H34N2O5. The molecule has 2 aromatic rings. The van der Waals surface area contributed by atoms with Gasteiger partial charge in [-0.15, -0.1) is 0 Å². The van der Waals surface area contributed by atoms with Gasteiger partial charge >= 0.3 is 12.1 Å². The zero-order chi connectivity index (χ0) is 25.2. The number of nitrogens with one attached hydrogen (secondary N) is 1. The fourth-order valence-electron chi connectivity index (χ4n) is 5.17. The van der Waals surface area contributed by atoms with Crippen LogP contribution in [0.4, 0.5) is 4.79 Å². The second-order valence-electron chi connectivity index (χ2n) is 11.0. The van der Waals surface area contributed by atoms with Gasteiger partial charge in [-0.25, -0.2) is 4.79 Å². The monoisotopic (exact) mass is 478 g/mol. The minimum atomic E-state index is -1.05. The van der Waals surface area contributed by atoms with Gasteiger partial charge in [0, 0.05) is 12.5 Å². The van der Waals surface area contributed by atoms with Gasteiger partial charge in [0.05, 0.1) is 12.0 Å². The molecule has 0 unspecified atom stereocenters. The number of rotatable bonds is 8. The largest absolute Gasteiger partial charge is 0.480 e. The molecule has 0 saturated heterocycles. The predicted molar refractivity (Wildman–Crippen MR) is 133 cm³/mol. The summed E-state index contributed by atoms with van der Waals surface area (Å²) in [6.07, 6.45) is 1.76. The summed E-state index contributed by atoms with van der Waals surface area (Å²) in [7, 11) is 0. The van der Waals surface area contributed by atoms with E-state index in [2.05, 4.69) is 29.6 Å². The molecule has 0 aliphatic heterocycles.